The van der Waals surface area contributed by atoms with Gasteiger partial charge in [-0.1, -0.05) is 0 Å². The molecule has 6 nitrogen and oxygen atoms in total. The van der Waals surface area contributed by atoms with E-state index in [0.29, 0.717) is 13.2 Å². The van der Waals surface area contributed by atoms with Crippen molar-refractivity contribution in [1.82, 2.24) is 9.88 Å². The second-order valence-corrected chi connectivity index (χ2v) is 5.89. The van der Waals surface area contributed by atoms with Crippen molar-refractivity contribution in [1.29, 1.82) is 0 Å². The highest BCUT2D eigenvalue weighted by Gasteiger charge is 2.21. The summed E-state index contributed by atoms with van der Waals surface area (Å²) in [4.78, 5) is 18.6. The maximum Gasteiger partial charge on any atom is 0.227 e. The molecule has 1 aromatic rings. The van der Waals surface area contributed by atoms with Crippen LogP contribution in [0.2, 0.25) is 0 Å². The first-order valence-electron chi connectivity index (χ1n) is 7.88. The van der Waals surface area contributed by atoms with Gasteiger partial charge in [0.2, 0.25) is 5.91 Å². The fourth-order valence-corrected chi connectivity index (χ4v) is 2.39. The van der Waals surface area contributed by atoms with Crippen molar-refractivity contribution in [3.8, 4) is 0 Å². The van der Waals surface area contributed by atoms with E-state index in [1.807, 2.05) is 12.1 Å². The van der Waals surface area contributed by atoms with Gasteiger partial charge in [0.05, 0.1) is 11.9 Å². The van der Waals surface area contributed by atoms with Gasteiger partial charge in [0, 0.05) is 25.7 Å². The summed E-state index contributed by atoms with van der Waals surface area (Å²) >= 11 is 0. The van der Waals surface area contributed by atoms with Crippen LogP contribution in [0.15, 0.2) is 18.3 Å². The molecule has 1 aromatic heterocycles. The molecule has 1 saturated heterocycles. The predicted molar refractivity (Wildman–Crippen MR) is 88.1 cm³/mol. The number of carbonyl (C=O) groups excluding carboxylic acids is 1. The van der Waals surface area contributed by atoms with Crippen molar-refractivity contribution >= 4 is 17.4 Å². The number of nitrogens with zero attached hydrogens (tertiary/aromatic N) is 2. The van der Waals surface area contributed by atoms with Gasteiger partial charge in [-0.2, -0.15) is 0 Å². The molecular formula is C16H26N4O2. The van der Waals surface area contributed by atoms with E-state index in [1.165, 1.54) is 0 Å². The molecular weight excluding hydrogens is 280 g/mol. The van der Waals surface area contributed by atoms with Gasteiger partial charge in [0.15, 0.2) is 0 Å². The van der Waals surface area contributed by atoms with Gasteiger partial charge in [0.1, 0.15) is 5.82 Å². The Morgan fingerprint density at radius 3 is 2.77 bits per heavy atom. The van der Waals surface area contributed by atoms with E-state index in [1.54, 1.807) is 6.20 Å². The molecule has 0 radical (unpaired) electrons. The Balaban J connectivity index is 1.75. The molecule has 6 heteroatoms. The SMILES string of the molecule is CN(C)CCCNc1ccc(NC(=O)C2CCOCC2)cn1. The standard InChI is InChI=1S/C16H26N4O2/c1-20(2)9-3-8-17-15-5-4-14(12-18-15)19-16(21)13-6-10-22-11-7-13/h4-5,12-13H,3,6-11H2,1-2H3,(H,17,18)(H,19,21). The lowest BCUT2D eigenvalue weighted by atomic mass is 9.99. The van der Waals surface area contributed by atoms with Crippen molar-refractivity contribution in [2.75, 3.05) is 51.0 Å². The first-order valence-corrected chi connectivity index (χ1v) is 7.88. The minimum Gasteiger partial charge on any atom is -0.381 e. The molecule has 1 fully saturated rings. The zero-order chi connectivity index (χ0) is 15.8. The lowest BCUT2D eigenvalue weighted by Crippen LogP contribution is -2.28. The third kappa shape index (κ3) is 5.61. The van der Waals surface area contributed by atoms with Crippen LogP contribution in [0.5, 0.6) is 0 Å². The largest absolute Gasteiger partial charge is 0.381 e. The molecule has 0 unspecified atom stereocenters. The van der Waals surface area contributed by atoms with E-state index in [2.05, 4.69) is 34.6 Å². The smallest absolute Gasteiger partial charge is 0.227 e. The summed E-state index contributed by atoms with van der Waals surface area (Å²) in [6.45, 7) is 3.28. The van der Waals surface area contributed by atoms with Crippen LogP contribution in [-0.2, 0) is 9.53 Å². The van der Waals surface area contributed by atoms with E-state index in [9.17, 15) is 4.79 Å². The number of nitrogens with one attached hydrogen (secondary N) is 2. The Morgan fingerprint density at radius 2 is 2.14 bits per heavy atom. The van der Waals surface area contributed by atoms with Crippen molar-refractivity contribution in [3.05, 3.63) is 18.3 Å². The monoisotopic (exact) mass is 306 g/mol. The van der Waals surface area contributed by atoms with Crippen molar-refractivity contribution in [3.63, 3.8) is 0 Å². The molecule has 0 spiro atoms. The van der Waals surface area contributed by atoms with Crippen molar-refractivity contribution in [2.45, 2.75) is 19.3 Å². The summed E-state index contributed by atoms with van der Waals surface area (Å²) in [6.07, 6.45) is 4.36. The second kappa shape index (κ2) is 8.70. The molecule has 0 aromatic carbocycles. The van der Waals surface area contributed by atoms with Crippen LogP contribution in [0.4, 0.5) is 11.5 Å². The van der Waals surface area contributed by atoms with Crippen LogP contribution >= 0.6 is 0 Å². The van der Waals surface area contributed by atoms with Gasteiger partial charge >= 0.3 is 0 Å². The topological polar surface area (TPSA) is 66.5 Å². The normalized spacial score (nSPS) is 15.8. The quantitative estimate of drug-likeness (QED) is 0.752. The minimum atomic E-state index is 0.0533. The van der Waals surface area contributed by atoms with Crippen LogP contribution in [0, 0.1) is 5.92 Å². The van der Waals surface area contributed by atoms with E-state index < -0.39 is 0 Å². The number of hydrogen-bond donors (Lipinski definition) is 2. The zero-order valence-corrected chi connectivity index (χ0v) is 13.5. The molecule has 122 valence electrons. The Bertz CT molecular complexity index is 456. The highest BCUT2D eigenvalue weighted by atomic mass is 16.5. The van der Waals surface area contributed by atoms with Crippen LogP contribution in [0.1, 0.15) is 19.3 Å². The number of aromatic nitrogens is 1. The summed E-state index contributed by atoms with van der Waals surface area (Å²) in [7, 11) is 4.13. The summed E-state index contributed by atoms with van der Waals surface area (Å²) in [5, 5.41) is 6.21. The fourth-order valence-electron chi connectivity index (χ4n) is 2.39. The number of pyridine rings is 1. The molecule has 1 aliphatic rings. The van der Waals surface area contributed by atoms with E-state index in [-0.39, 0.29) is 11.8 Å². The van der Waals surface area contributed by atoms with Crippen LogP contribution < -0.4 is 10.6 Å². The Labute approximate surface area is 132 Å². The summed E-state index contributed by atoms with van der Waals surface area (Å²) in [6, 6.07) is 3.79. The number of rotatable bonds is 7. The molecule has 1 amide bonds. The summed E-state index contributed by atoms with van der Waals surface area (Å²) < 4.78 is 5.27. The molecule has 0 aliphatic carbocycles. The average Bonchev–Trinajstić information content (AvgIpc) is 2.54. The number of anilines is 2. The third-order valence-corrected chi connectivity index (χ3v) is 3.71. The van der Waals surface area contributed by atoms with Crippen molar-refractivity contribution in [2.24, 2.45) is 5.92 Å². The zero-order valence-electron chi connectivity index (χ0n) is 13.5. The molecule has 1 aliphatic heterocycles. The van der Waals surface area contributed by atoms with Crippen LogP contribution in [-0.4, -0.2) is 56.2 Å². The number of hydrogen-bond acceptors (Lipinski definition) is 5. The summed E-state index contributed by atoms with van der Waals surface area (Å²) in [5.41, 5.74) is 0.746. The first kappa shape index (κ1) is 16.7. The third-order valence-electron chi connectivity index (χ3n) is 3.71. The molecule has 0 atom stereocenters. The molecule has 2 N–H and O–H groups in total. The highest BCUT2D eigenvalue weighted by Crippen LogP contribution is 2.17. The summed E-state index contributed by atoms with van der Waals surface area (Å²) in [5.74, 6) is 0.956. The van der Waals surface area contributed by atoms with Gasteiger partial charge in [-0.3, -0.25) is 4.79 Å². The number of amides is 1. The molecule has 0 saturated carbocycles. The molecule has 0 bridgehead atoms. The Hall–Kier alpha value is -1.66. The van der Waals surface area contributed by atoms with E-state index >= 15 is 0 Å². The average molecular weight is 306 g/mol. The molecule has 2 rings (SSSR count). The lowest BCUT2D eigenvalue weighted by Gasteiger charge is -2.21. The van der Waals surface area contributed by atoms with E-state index in [0.717, 1.165) is 43.9 Å². The van der Waals surface area contributed by atoms with Crippen LogP contribution in [0.25, 0.3) is 0 Å². The number of carbonyl (C=O) groups is 1. The predicted octanol–water partition coefficient (Wildman–Crippen LogP) is 1.81. The highest BCUT2D eigenvalue weighted by molar-refractivity contribution is 5.92. The minimum absolute atomic E-state index is 0.0533. The lowest BCUT2D eigenvalue weighted by molar-refractivity contribution is -0.122. The van der Waals surface area contributed by atoms with Gasteiger partial charge in [-0.15, -0.1) is 0 Å². The van der Waals surface area contributed by atoms with E-state index in [4.69, 9.17) is 4.74 Å². The number of ether oxygens (including phenoxy) is 1. The van der Waals surface area contributed by atoms with Gasteiger partial charge in [0.25, 0.3) is 0 Å². The molecule has 2 heterocycles. The maximum absolute atomic E-state index is 12.1. The Morgan fingerprint density at radius 1 is 1.36 bits per heavy atom. The van der Waals surface area contributed by atoms with Gasteiger partial charge in [-0.25, -0.2) is 4.98 Å². The fraction of sp³-hybridized carbons (Fsp3) is 0.625. The molecule has 22 heavy (non-hydrogen) atoms. The van der Waals surface area contributed by atoms with Gasteiger partial charge in [-0.05, 0) is 52.0 Å². The van der Waals surface area contributed by atoms with Gasteiger partial charge < -0.3 is 20.3 Å². The maximum atomic E-state index is 12.1. The first-order chi connectivity index (χ1) is 10.6. The van der Waals surface area contributed by atoms with Crippen molar-refractivity contribution < 1.29 is 9.53 Å². The van der Waals surface area contributed by atoms with Crippen LogP contribution in [0.3, 0.4) is 0 Å². The second-order valence-electron chi connectivity index (χ2n) is 5.89. The Kier molecular flexibility index (Phi) is 6.61.